The van der Waals surface area contributed by atoms with Crippen molar-refractivity contribution < 1.29 is 23.8 Å². The number of hydrogen-bond acceptors (Lipinski definition) is 6. The van der Waals surface area contributed by atoms with Gasteiger partial charge in [0.25, 0.3) is 5.91 Å². The number of hydrazone groups is 1. The third kappa shape index (κ3) is 7.23. The van der Waals surface area contributed by atoms with Crippen molar-refractivity contribution in [3.8, 4) is 17.2 Å². The minimum atomic E-state index is -0.833. The van der Waals surface area contributed by atoms with E-state index in [-0.39, 0.29) is 0 Å². The lowest BCUT2D eigenvalue weighted by Gasteiger charge is -2.14. The van der Waals surface area contributed by atoms with Crippen molar-refractivity contribution in [1.82, 2.24) is 5.43 Å². The maximum absolute atomic E-state index is 12.3. The summed E-state index contributed by atoms with van der Waals surface area (Å²) in [6.45, 7) is 4.01. The molecule has 0 aliphatic heterocycles. The maximum Gasteiger partial charge on any atom is 0.343 e. The predicted octanol–water partition coefficient (Wildman–Crippen LogP) is 5.53. The van der Waals surface area contributed by atoms with Gasteiger partial charge in [0.05, 0.1) is 23.4 Å². The van der Waals surface area contributed by atoms with E-state index in [1.807, 2.05) is 6.92 Å². The summed E-state index contributed by atoms with van der Waals surface area (Å²) < 4.78 is 16.3. The Kier molecular flexibility index (Phi) is 8.90. The van der Waals surface area contributed by atoms with Crippen molar-refractivity contribution in [2.45, 2.75) is 20.0 Å². The van der Waals surface area contributed by atoms with E-state index in [0.29, 0.717) is 45.0 Å². The molecule has 0 bridgehead atoms. The average Bonchev–Trinajstić information content (AvgIpc) is 2.82. The highest BCUT2D eigenvalue weighted by molar-refractivity contribution is 6.35. The summed E-state index contributed by atoms with van der Waals surface area (Å²) in [6, 6.07) is 18.1. The summed E-state index contributed by atoms with van der Waals surface area (Å²) in [5, 5.41) is 4.70. The van der Waals surface area contributed by atoms with Crippen molar-refractivity contribution in [2.75, 3.05) is 6.61 Å². The number of benzene rings is 3. The lowest BCUT2D eigenvalue weighted by molar-refractivity contribution is -0.127. The summed E-state index contributed by atoms with van der Waals surface area (Å²) in [6.07, 6.45) is 0.623. The van der Waals surface area contributed by atoms with Gasteiger partial charge in [-0.05, 0) is 86.1 Å². The highest BCUT2D eigenvalue weighted by Gasteiger charge is 2.15. The average molecular weight is 501 g/mol. The van der Waals surface area contributed by atoms with E-state index in [1.54, 1.807) is 67.6 Å². The molecule has 0 radical (unpaired) electrons. The Hall–Kier alpha value is -3.55. The number of carbonyl (C=O) groups excluding carboxylic acids is 2. The Morgan fingerprint density at radius 1 is 1.00 bits per heavy atom. The fourth-order valence-corrected chi connectivity index (χ4v) is 3.17. The molecule has 1 unspecified atom stereocenters. The number of amides is 1. The van der Waals surface area contributed by atoms with Crippen molar-refractivity contribution in [3.05, 3.63) is 87.9 Å². The quantitative estimate of drug-likeness (QED) is 0.180. The minimum Gasteiger partial charge on any atom is -0.494 e. The van der Waals surface area contributed by atoms with Crippen LogP contribution >= 0.6 is 23.2 Å². The first kappa shape index (κ1) is 25.1. The number of ether oxygens (including phenoxy) is 3. The molecular weight excluding hydrogens is 479 g/mol. The molecule has 3 rings (SSSR count). The van der Waals surface area contributed by atoms with E-state index < -0.39 is 18.0 Å². The zero-order valence-corrected chi connectivity index (χ0v) is 20.0. The third-order valence-electron chi connectivity index (χ3n) is 4.45. The molecule has 176 valence electrons. The van der Waals surface area contributed by atoms with Gasteiger partial charge in [-0.2, -0.15) is 5.10 Å². The van der Waals surface area contributed by atoms with Gasteiger partial charge in [0.1, 0.15) is 17.2 Å². The van der Waals surface area contributed by atoms with Crippen molar-refractivity contribution in [2.24, 2.45) is 5.10 Å². The number of nitrogens with one attached hydrogen (secondary N) is 1. The monoisotopic (exact) mass is 500 g/mol. The van der Waals surface area contributed by atoms with Gasteiger partial charge < -0.3 is 14.2 Å². The molecule has 7 nitrogen and oxygen atoms in total. The fourth-order valence-electron chi connectivity index (χ4n) is 2.72. The molecule has 1 N–H and O–H groups in total. The van der Waals surface area contributed by atoms with E-state index in [4.69, 9.17) is 37.4 Å². The second kappa shape index (κ2) is 12.1. The summed E-state index contributed by atoms with van der Waals surface area (Å²) in [5.41, 5.74) is 3.51. The lowest BCUT2D eigenvalue weighted by Crippen LogP contribution is -2.33. The van der Waals surface area contributed by atoms with Gasteiger partial charge in [-0.1, -0.05) is 23.2 Å². The third-order valence-corrected chi connectivity index (χ3v) is 4.98. The maximum atomic E-state index is 12.3. The Balaban J connectivity index is 1.50. The van der Waals surface area contributed by atoms with Crippen molar-refractivity contribution >= 4 is 41.3 Å². The predicted molar refractivity (Wildman–Crippen MR) is 131 cm³/mol. The van der Waals surface area contributed by atoms with Crippen LogP contribution < -0.4 is 19.6 Å². The molecule has 0 aromatic heterocycles. The number of esters is 1. The SMILES string of the molecule is CCOc1ccc(C(=O)Oc2ccc(/C=N/NC(=O)C(C)Oc3ccc(Cl)cc3Cl)cc2)cc1. The molecule has 0 aliphatic rings. The summed E-state index contributed by atoms with van der Waals surface area (Å²) in [5.74, 6) is 0.467. The van der Waals surface area contributed by atoms with Crippen LogP contribution in [0.25, 0.3) is 0 Å². The van der Waals surface area contributed by atoms with Crippen molar-refractivity contribution in [1.29, 1.82) is 0 Å². The van der Waals surface area contributed by atoms with Crippen LogP contribution in [0.4, 0.5) is 0 Å². The molecule has 3 aromatic carbocycles. The first-order valence-electron chi connectivity index (χ1n) is 10.4. The second-order valence-corrected chi connectivity index (χ2v) is 7.83. The Morgan fingerprint density at radius 3 is 2.32 bits per heavy atom. The smallest absolute Gasteiger partial charge is 0.343 e. The molecule has 9 heteroatoms. The number of rotatable bonds is 9. The van der Waals surface area contributed by atoms with Gasteiger partial charge in [0, 0.05) is 5.02 Å². The Morgan fingerprint density at radius 2 is 1.68 bits per heavy atom. The Labute approximate surface area is 207 Å². The van der Waals surface area contributed by atoms with Gasteiger partial charge in [-0.3, -0.25) is 4.79 Å². The van der Waals surface area contributed by atoms with E-state index in [0.717, 1.165) is 0 Å². The van der Waals surface area contributed by atoms with Gasteiger partial charge in [0.15, 0.2) is 6.10 Å². The van der Waals surface area contributed by atoms with Gasteiger partial charge in [-0.25, -0.2) is 10.2 Å². The summed E-state index contributed by atoms with van der Waals surface area (Å²) in [4.78, 5) is 24.5. The topological polar surface area (TPSA) is 86.2 Å². The molecule has 0 saturated carbocycles. The zero-order valence-electron chi connectivity index (χ0n) is 18.5. The van der Waals surface area contributed by atoms with Crippen molar-refractivity contribution in [3.63, 3.8) is 0 Å². The first-order valence-corrected chi connectivity index (χ1v) is 11.1. The minimum absolute atomic E-state index is 0.305. The largest absolute Gasteiger partial charge is 0.494 e. The molecule has 34 heavy (non-hydrogen) atoms. The highest BCUT2D eigenvalue weighted by Crippen LogP contribution is 2.28. The van der Waals surface area contributed by atoms with Crippen LogP contribution in [0, 0.1) is 0 Å². The normalized spacial score (nSPS) is 11.6. The number of nitrogens with zero attached hydrogens (tertiary/aromatic N) is 1. The first-order chi connectivity index (χ1) is 16.4. The molecule has 3 aromatic rings. The fraction of sp³-hybridized carbons (Fsp3) is 0.160. The standard InChI is InChI=1S/C25H22Cl2N2O5/c1-3-32-20-11-6-18(7-12-20)25(31)34-21-9-4-17(5-10-21)15-28-29-24(30)16(2)33-23-13-8-19(26)14-22(23)27/h4-16H,3H2,1-2H3,(H,29,30)/b28-15+. The van der Waals surface area contributed by atoms with Crippen LogP contribution in [0.2, 0.25) is 10.0 Å². The molecule has 0 saturated heterocycles. The van der Waals surface area contributed by atoms with E-state index >= 15 is 0 Å². The molecule has 0 aliphatic carbocycles. The van der Waals surface area contributed by atoms with Gasteiger partial charge in [-0.15, -0.1) is 0 Å². The van der Waals surface area contributed by atoms with E-state index in [1.165, 1.54) is 12.3 Å². The highest BCUT2D eigenvalue weighted by atomic mass is 35.5. The van der Waals surface area contributed by atoms with Crippen LogP contribution in [0.5, 0.6) is 17.2 Å². The summed E-state index contributed by atoms with van der Waals surface area (Å²) >= 11 is 11.9. The molecule has 0 heterocycles. The molecule has 0 spiro atoms. The second-order valence-electron chi connectivity index (χ2n) is 6.99. The van der Waals surface area contributed by atoms with Crippen LogP contribution in [0.15, 0.2) is 71.8 Å². The number of halogens is 2. The lowest BCUT2D eigenvalue weighted by atomic mass is 10.2. The molecule has 1 atom stereocenters. The molecule has 1 amide bonds. The van der Waals surface area contributed by atoms with Crippen LogP contribution in [0.3, 0.4) is 0 Å². The molecular formula is C25H22Cl2N2O5. The van der Waals surface area contributed by atoms with Gasteiger partial charge in [0.2, 0.25) is 0 Å². The van der Waals surface area contributed by atoms with Crippen LogP contribution in [-0.2, 0) is 4.79 Å². The van der Waals surface area contributed by atoms with E-state index in [9.17, 15) is 9.59 Å². The van der Waals surface area contributed by atoms with Crippen LogP contribution in [0.1, 0.15) is 29.8 Å². The zero-order chi connectivity index (χ0) is 24.5. The number of carbonyl (C=O) groups is 2. The molecule has 0 fully saturated rings. The van der Waals surface area contributed by atoms with Crippen LogP contribution in [-0.4, -0.2) is 30.8 Å². The van der Waals surface area contributed by atoms with Gasteiger partial charge >= 0.3 is 5.97 Å². The summed E-state index contributed by atoms with van der Waals surface area (Å²) in [7, 11) is 0. The number of hydrogen-bond donors (Lipinski definition) is 1. The van der Waals surface area contributed by atoms with E-state index in [2.05, 4.69) is 10.5 Å². The Bertz CT molecular complexity index is 1160.